The van der Waals surface area contributed by atoms with E-state index in [0.29, 0.717) is 6.04 Å². The van der Waals surface area contributed by atoms with Gasteiger partial charge in [0, 0.05) is 29.4 Å². The van der Waals surface area contributed by atoms with Crippen LogP contribution in [0.2, 0.25) is 5.02 Å². The largest absolute Gasteiger partial charge is 0.310 e. The third-order valence-corrected chi connectivity index (χ3v) is 3.69. The van der Waals surface area contributed by atoms with Crippen molar-refractivity contribution in [3.05, 3.63) is 52.8 Å². The summed E-state index contributed by atoms with van der Waals surface area (Å²) in [5.74, 6) is 0. The molecule has 0 spiro atoms. The predicted octanol–water partition coefficient (Wildman–Crippen LogP) is 4.01. The summed E-state index contributed by atoms with van der Waals surface area (Å²) in [6.07, 6.45) is 5.04. The summed E-state index contributed by atoms with van der Waals surface area (Å²) in [5.41, 5.74) is 2.55. The molecule has 21 heavy (non-hydrogen) atoms. The Morgan fingerprint density at radius 2 is 1.86 bits per heavy atom. The zero-order chi connectivity index (χ0) is 15.5. The maximum absolute atomic E-state index is 5.90. The van der Waals surface area contributed by atoms with E-state index in [9.17, 15) is 0 Å². The van der Waals surface area contributed by atoms with E-state index >= 15 is 0 Å². The monoisotopic (exact) mass is 305 g/mol. The van der Waals surface area contributed by atoms with Crippen LogP contribution in [0.5, 0.6) is 0 Å². The maximum Gasteiger partial charge on any atom is 0.0543 e. The molecular formula is C17H24ClN3. The third-order valence-electron chi connectivity index (χ3n) is 3.43. The van der Waals surface area contributed by atoms with E-state index in [2.05, 4.69) is 56.4 Å². The predicted molar refractivity (Wildman–Crippen MR) is 88.7 cm³/mol. The van der Waals surface area contributed by atoms with Crippen LogP contribution in [-0.2, 0) is 18.5 Å². The first kappa shape index (κ1) is 16.1. The summed E-state index contributed by atoms with van der Waals surface area (Å²) in [7, 11) is 0. The lowest BCUT2D eigenvalue weighted by Gasteiger charge is -2.18. The van der Waals surface area contributed by atoms with Gasteiger partial charge in [-0.25, -0.2) is 0 Å². The maximum atomic E-state index is 5.90. The number of halogens is 1. The second kappa shape index (κ2) is 6.63. The molecule has 0 aliphatic carbocycles. The van der Waals surface area contributed by atoms with Crippen LogP contribution in [-0.4, -0.2) is 15.8 Å². The van der Waals surface area contributed by atoms with Gasteiger partial charge in [0.15, 0.2) is 0 Å². The summed E-state index contributed by atoms with van der Waals surface area (Å²) in [6.45, 7) is 9.49. The van der Waals surface area contributed by atoms with E-state index in [-0.39, 0.29) is 5.54 Å². The van der Waals surface area contributed by atoms with Crippen molar-refractivity contribution in [2.75, 3.05) is 0 Å². The van der Waals surface area contributed by atoms with E-state index in [4.69, 9.17) is 11.6 Å². The van der Waals surface area contributed by atoms with Gasteiger partial charge in [-0.2, -0.15) is 5.10 Å². The zero-order valence-electron chi connectivity index (χ0n) is 13.2. The molecule has 1 aromatic carbocycles. The van der Waals surface area contributed by atoms with Crippen molar-refractivity contribution in [1.82, 2.24) is 15.1 Å². The molecule has 4 heteroatoms. The molecule has 2 rings (SSSR count). The molecule has 0 bridgehead atoms. The number of nitrogens with one attached hydrogen (secondary N) is 1. The van der Waals surface area contributed by atoms with E-state index in [1.54, 1.807) is 0 Å². The number of hydrogen-bond acceptors (Lipinski definition) is 2. The number of hydrogen-bond donors (Lipinski definition) is 1. The number of rotatable bonds is 5. The lowest BCUT2D eigenvalue weighted by Crippen LogP contribution is -2.27. The number of aromatic nitrogens is 2. The minimum absolute atomic E-state index is 0.0349. The van der Waals surface area contributed by atoms with E-state index in [0.717, 1.165) is 18.0 Å². The molecule has 0 amide bonds. The van der Waals surface area contributed by atoms with Gasteiger partial charge in [0.2, 0.25) is 0 Å². The average Bonchev–Trinajstić information content (AvgIpc) is 2.88. The molecule has 0 radical (unpaired) electrons. The van der Waals surface area contributed by atoms with Gasteiger partial charge >= 0.3 is 0 Å². The molecule has 0 saturated carbocycles. The normalized spacial score (nSPS) is 13.4. The SMILES string of the molecule is CC(Cc1ccc(Cl)cc1)NCc1cnn(C(C)(C)C)c1. The highest BCUT2D eigenvalue weighted by molar-refractivity contribution is 6.30. The quantitative estimate of drug-likeness (QED) is 0.904. The number of nitrogens with zero attached hydrogens (tertiary/aromatic N) is 2. The molecule has 1 N–H and O–H groups in total. The first-order valence-electron chi connectivity index (χ1n) is 7.36. The lowest BCUT2D eigenvalue weighted by atomic mass is 10.1. The molecule has 0 fully saturated rings. The first-order valence-corrected chi connectivity index (χ1v) is 7.74. The van der Waals surface area contributed by atoms with Crippen LogP contribution < -0.4 is 5.32 Å². The van der Waals surface area contributed by atoms with E-state index < -0.39 is 0 Å². The van der Waals surface area contributed by atoms with Gasteiger partial charge in [-0.05, 0) is 51.8 Å². The Kier molecular flexibility index (Phi) is 5.07. The highest BCUT2D eigenvalue weighted by Gasteiger charge is 2.14. The van der Waals surface area contributed by atoms with Gasteiger partial charge in [-0.3, -0.25) is 4.68 Å². The summed E-state index contributed by atoms with van der Waals surface area (Å²) in [6, 6.07) is 8.45. The molecule has 2 aromatic rings. The van der Waals surface area contributed by atoms with Crippen molar-refractivity contribution >= 4 is 11.6 Å². The minimum Gasteiger partial charge on any atom is -0.310 e. The summed E-state index contributed by atoms with van der Waals surface area (Å²) in [4.78, 5) is 0. The summed E-state index contributed by atoms with van der Waals surface area (Å²) in [5, 5.41) is 8.75. The highest BCUT2D eigenvalue weighted by atomic mass is 35.5. The second-order valence-corrected chi connectivity index (χ2v) is 7.01. The fourth-order valence-electron chi connectivity index (χ4n) is 2.16. The molecule has 1 atom stereocenters. The minimum atomic E-state index is 0.0349. The average molecular weight is 306 g/mol. The molecular weight excluding hydrogens is 282 g/mol. The van der Waals surface area contributed by atoms with Crippen LogP contribution in [0, 0.1) is 0 Å². The Labute approximate surface area is 132 Å². The highest BCUT2D eigenvalue weighted by Crippen LogP contribution is 2.14. The molecule has 114 valence electrons. The van der Waals surface area contributed by atoms with Gasteiger partial charge < -0.3 is 5.32 Å². The first-order chi connectivity index (χ1) is 9.84. The zero-order valence-corrected chi connectivity index (χ0v) is 14.0. The molecule has 1 aromatic heterocycles. The van der Waals surface area contributed by atoms with Crippen molar-refractivity contribution in [1.29, 1.82) is 0 Å². The van der Waals surface area contributed by atoms with Crippen LogP contribution in [0.4, 0.5) is 0 Å². The van der Waals surface area contributed by atoms with Gasteiger partial charge in [-0.1, -0.05) is 23.7 Å². The van der Waals surface area contributed by atoms with Crippen LogP contribution >= 0.6 is 11.6 Å². The van der Waals surface area contributed by atoms with Crippen molar-refractivity contribution in [2.45, 2.75) is 52.2 Å². The summed E-state index contributed by atoms with van der Waals surface area (Å²) < 4.78 is 2.01. The Morgan fingerprint density at radius 3 is 2.43 bits per heavy atom. The van der Waals surface area contributed by atoms with Crippen LogP contribution in [0.1, 0.15) is 38.8 Å². The van der Waals surface area contributed by atoms with Gasteiger partial charge in [0.05, 0.1) is 11.7 Å². The second-order valence-electron chi connectivity index (χ2n) is 6.58. The van der Waals surface area contributed by atoms with E-state index in [1.807, 2.05) is 23.0 Å². The van der Waals surface area contributed by atoms with Gasteiger partial charge in [0.1, 0.15) is 0 Å². The van der Waals surface area contributed by atoms with Crippen molar-refractivity contribution in [3.8, 4) is 0 Å². The van der Waals surface area contributed by atoms with E-state index in [1.165, 1.54) is 11.1 Å². The molecule has 1 unspecified atom stereocenters. The lowest BCUT2D eigenvalue weighted by molar-refractivity contribution is 0.355. The van der Waals surface area contributed by atoms with Gasteiger partial charge in [0.25, 0.3) is 0 Å². The summed E-state index contributed by atoms with van der Waals surface area (Å²) >= 11 is 5.90. The fourth-order valence-corrected chi connectivity index (χ4v) is 2.28. The van der Waals surface area contributed by atoms with Crippen molar-refractivity contribution in [3.63, 3.8) is 0 Å². The van der Waals surface area contributed by atoms with Crippen molar-refractivity contribution < 1.29 is 0 Å². The Balaban J connectivity index is 1.85. The Morgan fingerprint density at radius 1 is 1.19 bits per heavy atom. The molecule has 0 saturated heterocycles. The van der Waals surface area contributed by atoms with Crippen LogP contribution in [0.3, 0.4) is 0 Å². The Bertz CT molecular complexity index is 566. The van der Waals surface area contributed by atoms with Crippen molar-refractivity contribution in [2.24, 2.45) is 0 Å². The molecule has 0 aliphatic heterocycles. The smallest absolute Gasteiger partial charge is 0.0543 e. The van der Waals surface area contributed by atoms with Crippen LogP contribution in [0.15, 0.2) is 36.7 Å². The third kappa shape index (κ3) is 4.87. The number of benzene rings is 1. The van der Waals surface area contributed by atoms with Crippen LogP contribution in [0.25, 0.3) is 0 Å². The Hall–Kier alpha value is -1.32. The molecule has 3 nitrogen and oxygen atoms in total. The van der Waals surface area contributed by atoms with Gasteiger partial charge in [-0.15, -0.1) is 0 Å². The molecule has 1 heterocycles. The topological polar surface area (TPSA) is 29.9 Å². The molecule has 0 aliphatic rings. The standard InChI is InChI=1S/C17H24ClN3/c1-13(9-14-5-7-16(18)8-6-14)19-10-15-11-20-21(12-15)17(2,3)4/h5-8,11-13,19H,9-10H2,1-4H3. The fraction of sp³-hybridized carbons (Fsp3) is 0.471.